The Morgan fingerprint density at radius 3 is 2.60 bits per heavy atom. The van der Waals surface area contributed by atoms with Crippen molar-refractivity contribution in [3.05, 3.63) is 47.7 Å². The predicted octanol–water partition coefficient (Wildman–Crippen LogP) is 3.02. The number of hydrogen-bond acceptors (Lipinski definition) is 9. The Morgan fingerprint density at radius 1 is 1.20 bits per heavy atom. The summed E-state index contributed by atoms with van der Waals surface area (Å²) in [5.74, 6) is -0.166. The molecule has 1 amide bonds. The molecule has 0 bridgehead atoms. The van der Waals surface area contributed by atoms with Crippen LogP contribution >= 0.6 is 11.5 Å². The van der Waals surface area contributed by atoms with Crippen molar-refractivity contribution in [3.63, 3.8) is 0 Å². The Morgan fingerprint density at radius 2 is 2.00 bits per heavy atom. The maximum Gasteiger partial charge on any atom is 0.434 e. The van der Waals surface area contributed by atoms with E-state index in [0.29, 0.717) is 28.5 Å². The van der Waals surface area contributed by atoms with Crippen molar-refractivity contribution < 1.29 is 27.8 Å². The average molecular weight is 440 g/mol. The number of amides is 1. The molecule has 0 atom stereocenters. The van der Waals surface area contributed by atoms with E-state index in [1.165, 1.54) is 12.3 Å². The number of rotatable bonds is 7. The van der Waals surface area contributed by atoms with Gasteiger partial charge in [-0.3, -0.25) is 4.79 Å². The van der Waals surface area contributed by atoms with Gasteiger partial charge >= 0.3 is 6.18 Å². The van der Waals surface area contributed by atoms with E-state index in [1.807, 2.05) is 0 Å². The second-order valence-corrected chi connectivity index (χ2v) is 6.57. The number of alkyl halides is 3. The van der Waals surface area contributed by atoms with Crippen LogP contribution in [0.3, 0.4) is 0 Å². The summed E-state index contributed by atoms with van der Waals surface area (Å²) in [7, 11) is 0. The summed E-state index contributed by atoms with van der Waals surface area (Å²) in [5.41, 5.74) is -0.0920. The van der Waals surface area contributed by atoms with Gasteiger partial charge in [-0.15, -0.1) is 0 Å². The van der Waals surface area contributed by atoms with E-state index in [9.17, 15) is 18.0 Å². The van der Waals surface area contributed by atoms with Crippen LogP contribution in [0, 0.1) is 6.92 Å². The summed E-state index contributed by atoms with van der Waals surface area (Å²) in [6, 6.07) is 3.10. The summed E-state index contributed by atoms with van der Waals surface area (Å²) in [6.45, 7) is 1.57. The Hall–Kier alpha value is -3.32. The molecule has 3 rings (SSSR count). The molecule has 0 aliphatic rings. The maximum absolute atomic E-state index is 12.7. The monoisotopic (exact) mass is 440 g/mol. The van der Waals surface area contributed by atoms with Crippen LogP contribution in [0.5, 0.6) is 5.88 Å². The lowest BCUT2D eigenvalue weighted by atomic mass is 10.2. The van der Waals surface area contributed by atoms with E-state index in [4.69, 9.17) is 9.84 Å². The lowest BCUT2D eigenvalue weighted by Gasteiger charge is -2.09. The van der Waals surface area contributed by atoms with E-state index >= 15 is 0 Å². The number of nitrogens with zero attached hydrogens (tertiary/aromatic N) is 4. The van der Waals surface area contributed by atoms with Gasteiger partial charge in [-0.25, -0.2) is 15.0 Å². The summed E-state index contributed by atoms with van der Waals surface area (Å²) in [4.78, 5) is 23.7. The zero-order valence-corrected chi connectivity index (χ0v) is 16.2. The van der Waals surface area contributed by atoms with Gasteiger partial charge in [0.15, 0.2) is 5.69 Å². The van der Waals surface area contributed by atoms with Crippen LogP contribution in [0.1, 0.15) is 21.7 Å². The molecular weight excluding hydrogens is 425 g/mol. The van der Waals surface area contributed by atoms with Crippen molar-refractivity contribution in [1.82, 2.24) is 19.3 Å². The Kier molecular flexibility index (Phi) is 6.42. The molecule has 3 aromatic rings. The van der Waals surface area contributed by atoms with Gasteiger partial charge in [-0.1, -0.05) is 0 Å². The topological polar surface area (TPSA) is 122 Å². The summed E-state index contributed by atoms with van der Waals surface area (Å²) >= 11 is 0.960. The van der Waals surface area contributed by atoms with E-state index in [0.717, 1.165) is 17.7 Å². The molecule has 0 aromatic carbocycles. The van der Waals surface area contributed by atoms with Gasteiger partial charge in [0, 0.05) is 6.07 Å². The molecule has 0 aliphatic heterocycles. The van der Waals surface area contributed by atoms with Crippen LogP contribution in [0.4, 0.5) is 29.7 Å². The lowest BCUT2D eigenvalue weighted by molar-refractivity contribution is -0.141. The third kappa shape index (κ3) is 5.18. The van der Waals surface area contributed by atoms with Crippen molar-refractivity contribution in [3.8, 4) is 5.88 Å². The minimum Gasteiger partial charge on any atom is -0.475 e. The number of carbonyl (C=O) groups is 1. The highest BCUT2D eigenvalue weighted by Crippen LogP contribution is 2.30. The van der Waals surface area contributed by atoms with Crippen molar-refractivity contribution in [1.29, 1.82) is 0 Å². The fourth-order valence-electron chi connectivity index (χ4n) is 2.26. The first-order valence-electron chi connectivity index (χ1n) is 8.41. The Balaban J connectivity index is 1.72. The number of anilines is 3. The van der Waals surface area contributed by atoms with E-state index in [-0.39, 0.29) is 24.6 Å². The zero-order valence-electron chi connectivity index (χ0n) is 15.4. The van der Waals surface area contributed by atoms with Crippen LogP contribution in [0.2, 0.25) is 0 Å². The number of aliphatic hydroxyl groups is 1. The quantitative estimate of drug-likeness (QED) is 0.513. The second kappa shape index (κ2) is 9.00. The number of aliphatic hydroxyl groups excluding tert-OH is 1. The molecule has 9 nitrogen and oxygen atoms in total. The Labute approximate surface area is 172 Å². The van der Waals surface area contributed by atoms with Crippen molar-refractivity contribution >= 4 is 33.9 Å². The minimum absolute atomic E-state index is 0.0350. The van der Waals surface area contributed by atoms with Gasteiger partial charge in [0.25, 0.3) is 5.91 Å². The number of pyridine rings is 1. The molecule has 3 aromatic heterocycles. The van der Waals surface area contributed by atoms with Crippen molar-refractivity contribution in [2.45, 2.75) is 13.1 Å². The fourth-order valence-corrected chi connectivity index (χ4v) is 3.06. The van der Waals surface area contributed by atoms with Crippen LogP contribution in [0.15, 0.2) is 30.7 Å². The highest BCUT2D eigenvalue weighted by molar-refractivity contribution is 7.10. The zero-order chi connectivity index (χ0) is 21.7. The molecule has 30 heavy (non-hydrogen) atoms. The van der Waals surface area contributed by atoms with Gasteiger partial charge in [0.05, 0.1) is 42.1 Å². The number of halogens is 3. The first-order valence-corrected chi connectivity index (χ1v) is 9.19. The van der Waals surface area contributed by atoms with Crippen LogP contribution < -0.4 is 15.4 Å². The molecule has 0 saturated carbocycles. The number of hydrogen-bond donors (Lipinski definition) is 3. The van der Waals surface area contributed by atoms with Gasteiger partial charge in [-0.05, 0) is 24.5 Å². The van der Waals surface area contributed by atoms with E-state index in [2.05, 4.69) is 30.0 Å². The van der Waals surface area contributed by atoms with Crippen molar-refractivity contribution in [2.75, 3.05) is 23.8 Å². The maximum atomic E-state index is 12.7. The average Bonchev–Trinajstić information content (AvgIpc) is 3.07. The Bertz CT molecular complexity index is 1010. The van der Waals surface area contributed by atoms with Crippen molar-refractivity contribution in [2.24, 2.45) is 0 Å². The first kappa shape index (κ1) is 21.4. The first-order chi connectivity index (χ1) is 14.3. The number of aryl methyl sites for hydroxylation is 1. The molecule has 0 aliphatic carbocycles. The molecule has 0 unspecified atom stereocenters. The molecule has 3 N–H and O–H groups in total. The fraction of sp³-hybridized carbons (Fsp3) is 0.235. The third-order valence-corrected chi connectivity index (χ3v) is 4.46. The number of ether oxygens (including phenoxy) is 1. The normalized spacial score (nSPS) is 11.2. The van der Waals surface area contributed by atoms with Crippen LogP contribution in [-0.2, 0) is 6.18 Å². The van der Waals surface area contributed by atoms with E-state index in [1.54, 1.807) is 13.0 Å². The molecular formula is C17H15F3N6O3S. The minimum atomic E-state index is -4.59. The predicted molar refractivity (Wildman–Crippen MR) is 102 cm³/mol. The van der Waals surface area contributed by atoms with Crippen LogP contribution in [-0.4, -0.2) is 43.6 Å². The number of aromatic nitrogens is 4. The third-order valence-electron chi connectivity index (χ3n) is 3.61. The van der Waals surface area contributed by atoms with Gasteiger partial charge in [0.1, 0.15) is 17.4 Å². The lowest BCUT2D eigenvalue weighted by Crippen LogP contribution is -2.14. The van der Waals surface area contributed by atoms with Gasteiger partial charge in [0.2, 0.25) is 5.88 Å². The molecule has 0 radical (unpaired) electrons. The van der Waals surface area contributed by atoms with Gasteiger partial charge in [-0.2, -0.15) is 17.5 Å². The summed E-state index contributed by atoms with van der Waals surface area (Å²) in [6.07, 6.45) is -1.69. The second-order valence-electron chi connectivity index (χ2n) is 5.79. The molecule has 13 heteroatoms. The molecule has 0 fully saturated rings. The van der Waals surface area contributed by atoms with E-state index < -0.39 is 17.8 Å². The van der Waals surface area contributed by atoms with Crippen LogP contribution in [0.25, 0.3) is 0 Å². The summed E-state index contributed by atoms with van der Waals surface area (Å²) < 4.78 is 47.1. The largest absolute Gasteiger partial charge is 0.475 e. The molecule has 0 spiro atoms. The summed E-state index contributed by atoms with van der Waals surface area (Å²) in [5, 5.41) is 14.5. The molecule has 3 heterocycles. The SMILES string of the molecule is Cc1nsc(Nc2cnc(C(F)(F)F)cn2)c1C(=O)Nc1ccc(OCCO)nc1. The highest BCUT2D eigenvalue weighted by atomic mass is 32.1. The molecule has 158 valence electrons. The number of carbonyl (C=O) groups excluding carboxylic acids is 1. The number of nitrogens with one attached hydrogen (secondary N) is 2. The van der Waals surface area contributed by atoms with Gasteiger partial charge < -0.3 is 20.5 Å². The molecule has 0 saturated heterocycles. The smallest absolute Gasteiger partial charge is 0.434 e. The standard InChI is InChI=1S/C17H15F3N6O3S/c1-9-14(15(28)24-10-2-3-13(23-6-10)29-5-4-27)16(30-26-9)25-12-8-21-11(7-22-12)17(18,19)20/h2-3,6-8,27H,4-5H2,1H3,(H,22,25)(H,24,28). The highest BCUT2D eigenvalue weighted by Gasteiger charge is 2.32.